The van der Waals surface area contributed by atoms with E-state index in [9.17, 15) is 17.9 Å². The topological polar surface area (TPSA) is 281 Å². The number of nitrogens with two attached hydrogens (primary N) is 2. The predicted octanol–water partition coefficient (Wildman–Crippen LogP) is -2.16. The molecule has 1 spiro atoms. The molecule has 0 bridgehead atoms. The molecular weight excluding hydrogens is 648 g/mol. The molecule has 0 aliphatic carbocycles. The number of fused-ring (bicyclic) bond motifs is 3. The number of ether oxygens (including phenoxy) is 3. The summed E-state index contributed by atoms with van der Waals surface area (Å²) < 4.78 is 93.7. The van der Waals surface area contributed by atoms with E-state index < -0.39 is 79.9 Å². The molecule has 45 heavy (non-hydrogen) atoms. The molecule has 4 aliphatic heterocycles. The third-order valence-electron chi connectivity index (χ3n) is 8.03. The number of phosphoric ester groups is 1. The summed E-state index contributed by atoms with van der Waals surface area (Å²) in [5, 5.41) is 0. The summed E-state index contributed by atoms with van der Waals surface area (Å²) in [4.78, 5) is 37.2. The molecule has 0 saturated carbocycles. The molecule has 8 heterocycles. The maximum absolute atomic E-state index is 15.9. The zero-order chi connectivity index (χ0) is 31.3. The Bertz CT molecular complexity index is 1980. The van der Waals surface area contributed by atoms with Crippen molar-refractivity contribution in [3.63, 3.8) is 0 Å². The Hall–Kier alpha value is -3.51. The fourth-order valence-corrected chi connectivity index (χ4v) is 7.91. The van der Waals surface area contributed by atoms with Crippen molar-refractivity contribution in [2.45, 2.75) is 48.6 Å². The molecule has 0 radical (unpaired) electrons. The van der Waals surface area contributed by atoms with Crippen LogP contribution in [0.2, 0.25) is 0 Å². The smallest absolute Gasteiger partial charge is 0.336 e. The maximum Gasteiger partial charge on any atom is 0.336 e. The summed E-state index contributed by atoms with van der Waals surface area (Å²) in [6.07, 6.45) is -5.74. The molecule has 0 amide bonds. The third-order valence-corrected chi connectivity index (χ3v) is 10.0. The van der Waals surface area contributed by atoms with Gasteiger partial charge in [0.2, 0.25) is 0 Å². The summed E-state index contributed by atoms with van der Waals surface area (Å²) in [6, 6.07) is 0. The zero-order valence-corrected chi connectivity index (χ0v) is 24.2. The Balaban J connectivity index is 1.10. The van der Waals surface area contributed by atoms with Gasteiger partial charge in [0.1, 0.15) is 48.1 Å². The number of anilines is 2. The largest absolute Gasteiger partial charge is 0.756 e. The fourth-order valence-electron chi connectivity index (χ4n) is 5.89. The Labute approximate surface area is 250 Å². The Morgan fingerprint density at radius 1 is 1.00 bits per heavy atom. The number of nitrogen functional groups attached to an aromatic ring is 2. The van der Waals surface area contributed by atoms with E-state index in [1.807, 2.05) is 0 Å². The van der Waals surface area contributed by atoms with Gasteiger partial charge in [0.05, 0.1) is 25.9 Å². The summed E-state index contributed by atoms with van der Waals surface area (Å²) in [5.41, 5.74) is 10.7. The zero-order valence-electron chi connectivity index (χ0n) is 22.5. The van der Waals surface area contributed by atoms with E-state index in [-0.39, 0.29) is 40.6 Å². The van der Waals surface area contributed by atoms with Crippen molar-refractivity contribution in [3.05, 3.63) is 25.3 Å². The first kappa shape index (κ1) is 28.9. The van der Waals surface area contributed by atoms with Crippen LogP contribution in [0.3, 0.4) is 0 Å². The van der Waals surface area contributed by atoms with Gasteiger partial charge in [-0.15, -0.1) is 0 Å². The normalized spacial score (nSPS) is 38.1. The predicted molar refractivity (Wildman–Crippen MR) is 141 cm³/mol. The van der Waals surface area contributed by atoms with Gasteiger partial charge in [0, 0.05) is 6.54 Å². The monoisotopic (exact) mass is 670 g/mol. The standard InChI is InChI=1S/C21H23FN11O10PS/c22-10-13-8(40-19(10)32-6-29-11-15(23)25-4-27-17(11)32)1-31-45(36,37)43-21-3-38-14(21)20(41-9(21)2-39-44(34,35)42-13)33-7-30-12-16(24)26-5-28-18(12)33/h4-10,13-14,19-20,31H,1-3H2,(H,34,35)(H2,23,25,27)(H2,24,26,28)/p-1/t8-,9-,10-,13-,14+,19-,20-,21?/m1/s1. The fraction of sp³-hybridized carbons (Fsp3) is 0.524. The van der Waals surface area contributed by atoms with Gasteiger partial charge in [0.25, 0.3) is 7.82 Å². The van der Waals surface area contributed by atoms with E-state index >= 15 is 4.39 Å². The Kier molecular flexibility index (Phi) is 6.42. The SMILES string of the molecule is Nc1ncnc2c1ncn2[C@@H]1O[C@@H]2CNS(=O)(=O)OC34CO[C@H]3[C@H](n3cnc5c(N)ncnc53)O[C@@H]4COP(=O)([O-])O[C@H]2[C@H]1F. The van der Waals surface area contributed by atoms with E-state index in [0.29, 0.717) is 0 Å². The highest BCUT2D eigenvalue weighted by Crippen LogP contribution is 2.52. The number of imidazole rings is 2. The van der Waals surface area contributed by atoms with E-state index in [1.165, 1.54) is 28.1 Å². The molecule has 21 nitrogen and oxygen atoms in total. The number of nitrogens with one attached hydrogen (secondary N) is 1. The van der Waals surface area contributed by atoms with Gasteiger partial charge in [-0.1, -0.05) is 0 Å². The third kappa shape index (κ3) is 4.50. The minimum Gasteiger partial charge on any atom is -0.756 e. The lowest BCUT2D eigenvalue weighted by Gasteiger charge is -2.45. The molecule has 4 fully saturated rings. The number of halogens is 1. The quantitative estimate of drug-likeness (QED) is 0.191. The van der Waals surface area contributed by atoms with Crippen LogP contribution in [-0.2, 0) is 42.3 Å². The second kappa shape index (κ2) is 9.99. The van der Waals surface area contributed by atoms with E-state index in [0.717, 1.165) is 6.33 Å². The van der Waals surface area contributed by atoms with Crippen LogP contribution in [0.15, 0.2) is 25.3 Å². The molecule has 24 heteroatoms. The molecule has 4 aromatic rings. The van der Waals surface area contributed by atoms with Crippen LogP contribution in [0.5, 0.6) is 0 Å². The van der Waals surface area contributed by atoms with Crippen molar-refractivity contribution in [2.75, 3.05) is 31.2 Å². The van der Waals surface area contributed by atoms with Gasteiger partial charge in [-0.25, -0.2) is 38.5 Å². The highest BCUT2D eigenvalue weighted by Gasteiger charge is 2.68. The van der Waals surface area contributed by atoms with Gasteiger partial charge in [-0.3, -0.25) is 13.7 Å². The van der Waals surface area contributed by atoms with Crippen molar-refractivity contribution >= 4 is 52.1 Å². The average molecular weight is 671 g/mol. The number of rotatable bonds is 2. The summed E-state index contributed by atoms with van der Waals surface area (Å²) in [5.74, 6) is 0.103. The summed E-state index contributed by atoms with van der Waals surface area (Å²) >= 11 is 0. The Morgan fingerprint density at radius 2 is 1.64 bits per heavy atom. The highest BCUT2D eigenvalue weighted by atomic mass is 32.2. The van der Waals surface area contributed by atoms with Gasteiger partial charge < -0.3 is 39.6 Å². The Morgan fingerprint density at radius 3 is 2.27 bits per heavy atom. The van der Waals surface area contributed by atoms with Crippen LogP contribution in [0.25, 0.3) is 22.3 Å². The van der Waals surface area contributed by atoms with Crippen molar-refractivity contribution in [3.8, 4) is 0 Å². The number of hydrogen-bond donors (Lipinski definition) is 3. The minimum atomic E-state index is -5.29. The molecule has 240 valence electrons. The lowest BCUT2D eigenvalue weighted by Crippen LogP contribution is -2.66. The second-order valence-corrected chi connectivity index (χ2v) is 13.3. The van der Waals surface area contributed by atoms with Gasteiger partial charge in [-0.05, 0) is 0 Å². The maximum atomic E-state index is 15.9. The number of aromatic nitrogens is 8. The molecule has 4 aliphatic rings. The second-order valence-electron chi connectivity index (χ2n) is 10.6. The highest BCUT2D eigenvalue weighted by molar-refractivity contribution is 7.84. The molecule has 9 atom stereocenters. The van der Waals surface area contributed by atoms with Crippen molar-refractivity contribution in [1.29, 1.82) is 0 Å². The molecule has 0 aromatic carbocycles. The van der Waals surface area contributed by atoms with Crippen LogP contribution < -0.4 is 21.1 Å². The van der Waals surface area contributed by atoms with Crippen LogP contribution >= 0.6 is 7.82 Å². The van der Waals surface area contributed by atoms with Crippen LogP contribution in [0.1, 0.15) is 12.5 Å². The summed E-state index contributed by atoms with van der Waals surface area (Å²) in [7, 11) is -9.93. The number of hydrogen-bond acceptors (Lipinski definition) is 18. The first-order chi connectivity index (χ1) is 21.5. The molecule has 4 saturated heterocycles. The first-order valence-electron chi connectivity index (χ1n) is 13.2. The molecule has 8 rings (SSSR count). The van der Waals surface area contributed by atoms with Crippen LogP contribution in [0.4, 0.5) is 16.0 Å². The number of alkyl halides is 1. The minimum absolute atomic E-state index is 0.0172. The lowest BCUT2D eigenvalue weighted by molar-refractivity contribution is -0.242. The van der Waals surface area contributed by atoms with Crippen LogP contribution in [0, 0.1) is 0 Å². The first-order valence-corrected chi connectivity index (χ1v) is 16.1. The van der Waals surface area contributed by atoms with Crippen molar-refractivity contribution in [2.24, 2.45) is 0 Å². The number of nitrogens with zero attached hydrogens (tertiary/aromatic N) is 8. The molecular formula is C21H22FN11O10PS-. The van der Waals surface area contributed by atoms with Gasteiger partial charge >= 0.3 is 10.3 Å². The van der Waals surface area contributed by atoms with Gasteiger partial charge in [-0.2, -0.15) is 13.1 Å². The average Bonchev–Trinajstić information content (AvgIpc) is 3.72. The van der Waals surface area contributed by atoms with Crippen molar-refractivity contribution < 1.29 is 49.7 Å². The van der Waals surface area contributed by atoms with E-state index in [2.05, 4.69) is 34.6 Å². The van der Waals surface area contributed by atoms with E-state index in [1.54, 1.807) is 0 Å². The van der Waals surface area contributed by atoms with Crippen molar-refractivity contribution in [1.82, 2.24) is 43.8 Å². The van der Waals surface area contributed by atoms with E-state index in [4.69, 9.17) is 38.9 Å². The molecule has 5 N–H and O–H groups in total. The van der Waals surface area contributed by atoms with Gasteiger partial charge in [0.15, 0.2) is 47.2 Å². The lowest BCUT2D eigenvalue weighted by atomic mass is 9.88. The number of phosphoric acid groups is 1. The summed E-state index contributed by atoms with van der Waals surface area (Å²) in [6.45, 7) is -1.75. The van der Waals surface area contributed by atoms with Crippen LogP contribution in [-0.4, -0.2) is 103 Å². The molecule has 4 aromatic heterocycles. The molecule has 2 unspecified atom stereocenters.